The number of quaternary nitrogens is 2. The maximum absolute atomic E-state index is 13.8. The molecular formula is C30H39ClFN6O6PS2. The number of hydrogen-bond donors (Lipinski definition) is 2. The van der Waals surface area contributed by atoms with E-state index in [0.29, 0.717) is 23.3 Å². The molecule has 3 fully saturated rings. The number of halogens is 2. The zero-order valence-electron chi connectivity index (χ0n) is 26.1. The Hall–Kier alpha value is -2.80. The Bertz CT molecular complexity index is 1790. The smallest absolute Gasteiger partial charge is 0.250 e. The van der Waals surface area contributed by atoms with Crippen molar-refractivity contribution in [3.63, 3.8) is 0 Å². The van der Waals surface area contributed by atoms with Gasteiger partial charge >= 0.3 is 0 Å². The molecule has 3 aliphatic rings. The fourth-order valence-corrected chi connectivity index (χ4v) is 10.6. The molecule has 6 rings (SSSR count). The Kier molecular flexibility index (Phi) is 12.0. The van der Waals surface area contributed by atoms with Gasteiger partial charge in [-0.2, -0.15) is 5.26 Å². The second kappa shape index (κ2) is 15.2. The van der Waals surface area contributed by atoms with Gasteiger partial charge in [0.15, 0.2) is 7.60 Å². The third-order valence-corrected chi connectivity index (χ3v) is 13.6. The minimum Gasteiger partial charge on any atom is -1.00 e. The third-order valence-electron chi connectivity index (χ3n) is 9.08. The van der Waals surface area contributed by atoms with Crippen molar-refractivity contribution in [1.82, 2.24) is 4.72 Å². The Morgan fingerprint density at radius 2 is 1.74 bits per heavy atom. The predicted molar refractivity (Wildman–Crippen MR) is 173 cm³/mol. The van der Waals surface area contributed by atoms with Gasteiger partial charge in [0.05, 0.1) is 37.9 Å². The molecule has 0 spiro atoms. The number of nitrogens with two attached hydrogens (primary N) is 1. The fraction of sp³-hybridized carbons (Fsp3) is 0.467. The maximum atomic E-state index is 13.8. The quantitative estimate of drug-likeness (QED) is 0.0720. The van der Waals surface area contributed by atoms with Crippen molar-refractivity contribution in [2.75, 3.05) is 71.8 Å². The van der Waals surface area contributed by atoms with Crippen molar-refractivity contribution >= 4 is 45.4 Å². The van der Waals surface area contributed by atoms with Crippen molar-refractivity contribution in [3.05, 3.63) is 53.3 Å². The molecule has 4 heterocycles. The lowest BCUT2D eigenvalue weighted by molar-refractivity contribution is -1.08. The van der Waals surface area contributed by atoms with Crippen LogP contribution in [0.25, 0.3) is 10.1 Å². The Morgan fingerprint density at radius 3 is 2.36 bits per heavy atom. The van der Waals surface area contributed by atoms with E-state index in [1.54, 1.807) is 19.1 Å². The van der Waals surface area contributed by atoms with E-state index >= 15 is 0 Å². The largest absolute Gasteiger partial charge is 1.00 e. The summed E-state index contributed by atoms with van der Waals surface area (Å²) in [5.74, 6) is -0.669. The molecule has 3 N–H and O–H groups in total. The fourth-order valence-electron chi connectivity index (χ4n) is 6.37. The van der Waals surface area contributed by atoms with E-state index in [9.17, 15) is 22.3 Å². The summed E-state index contributed by atoms with van der Waals surface area (Å²) in [6.07, 6.45) is 2.34. The van der Waals surface area contributed by atoms with Crippen LogP contribution in [0.15, 0.2) is 45.6 Å². The summed E-state index contributed by atoms with van der Waals surface area (Å²) in [5.41, 5.74) is 5.57. The third kappa shape index (κ3) is 8.82. The van der Waals surface area contributed by atoms with Crippen LogP contribution < -0.4 is 37.0 Å². The van der Waals surface area contributed by atoms with E-state index in [0.717, 1.165) is 64.6 Å². The van der Waals surface area contributed by atoms with E-state index in [-0.39, 0.29) is 27.9 Å². The van der Waals surface area contributed by atoms with Gasteiger partial charge in [-0.25, -0.2) is 17.5 Å². The molecule has 1 unspecified atom stereocenters. The van der Waals surface area contributed by atoms with Gasteiger partial charge in [-0.3, -0.25) is 9.56 Å². The van der Waals surface area contributed by atoms with E-state index in [1.807, 2.05) is 12.1 Å². The molecule has 47 heavy (non-hydrogen) atoms. The Balaban J connectivity index is 0.00000500. The van der Waals surface area contributed by atoms with Gasteiger partial charge in [0.1, 0.15) is 66.9 Å². The molecule has 3 aliphatic heterocycles. The lowest BCUT2D eigenvalue weighted by Gasteiger charge is -2.55. The molecule has 1 aromatic heterocycles. The number of ether oxygens (including phenoxy) is 1. The lowest BCUT2D eigenvalue weighted by Crippen LogP contribution is -3.00. The van der Waals surface area contributed by atoms with Gasteiger partial charge in [0.25, 0.3) is 10.0 Å². The number of aliphatic imine (C=N–C) groups is 1. The van der Waals surface area contributed by atoms with Crippen molar-refractivity contribution in [1.29, 1.82) is 5.26 Å². The van der Waals surface area contributed by atoms with E-state index in [4.69, 9.17) is 20.3 Å². The monoisotopic (exact) mass is 728 g/mol. The van der Waals surface area contributed by atoms with E-state index in [1.165, 1.54) is 56.6 Å². The maximum Gasteiger partial charge on any atom is 0.250 e. The molecule has 0 saturated carbocycles. The summed E-state index contributed by atoms with van der Waals surface area (Å²) in [5, 5.41) is 9.53. The average Bonchev–Trinajstić information content (AvgIpc) is 3.38. The molecule has 3 saturated heterocycles. The highest BCUT2D eigenvalue weighted by atomic mass is 35.5. The highest BCUT2D eigenvalue weighted by Gasteiger charge is 2.48. The second-order valence-electron chi connectivity index (χ2n) is 12.0. The SMILES string of the molecule is Cc1c(S(=O)(=O)NCP(=O)([O-])Oc2ccc(C#N)c(F)c2)sc2ccc(OCCC[N+]34CC[N+](CCCN=CN)(CC3)CC4)cc12.[Cl-]. The first-order chi connectivity index (χ1) is 21.9. The summed E-state index contributed by atoms with van der Waals surface area (Å²) in [7, 11) is -9.01. The zero-order valence-corrected chi connectivity index (χ0v) is 29.4. The van der Waals surface area contributed by atoms with Crippen LogP contribution in [-0.4, -0.2) is 95.5 Å². The number of benzene rings is 2. The minimum absolute atomic E-state index is 0. The number of hydrogen-bond acceptors (Lipinski definition) is 9. The Labute approximate surface area is 284 Å². The second-order valence-corrected chi connectivity index (χ2v) is 16.8. The van der Waals surface area contributed by atoms with Crippen LogP contribution in [0, 0.1) is 24.1 Å². The highest BCUT2D eigenvalue weighted by molar-refractivity contribution is 7.92. The van der Waals surface area contributed by atoms with Gasteiger partial charge in [0.2, 0.25) is 0 Å². The number of fused-ring (bicyclic) bond motifs is 4. The van der Waals surface area contributed by atoms with Crippen molar-refractivity contribution in [2.45, 2.75) is 24.0 Å². The van der Waals surface area contributed by atoms with Crippen LogP contribution >= 0.6 is 18.9 Å². The van der Waals surface area contributed by atoms with Crippen molar-refractivity contribution in [3.8, 4) is 17.6 Å². The summed E-state index contributed by atoms with van der Waals surface area (Å²) in [4.78, 5) is 16.6. The number of piperazine rings is 3. The lowest BCUT2D eigenvalue weighted by atomic mass is 10.1. The predicted octanol–water partition coefficient (Wildman–Crippen LogP) is -0.100. The van der Waals surface area contributed by atoms with Crippen LogP contribution in [0.2, 0.25) is 0 Å². The van der Waals surface area contributed by atoms with Gasteiger partial charge in [-0.15, -0.1) is 11.3 Å². The average molecular weight is 729 g/mol. The minimum atomic E-state index is -4.79. The van der Waals surface area contributed by atoms with Crippen LogP contribution in [0.3, 0.4) is 0 Å². The molecule has 12 nitrogen and oxygen atoms in total. The van der Waals surface area contributed by atoms with Gasteiger partial charge in [-0.1, -0.05) is 0 Å². The summed E-state index contributed by atoms with van der Waals surface area (Å²) >= 11 is 1.03. The van der Waals surface area contributed by atoms with Crippen molar-refractivity contribution in [2.24, 2.45) is 10.7 Å². The van der Waals surface area contributed by atoms with Crippen LogP contribution in [0.4, 0.5) is 4.39 Å². The number of thiophene rings is 1. The number of aryl methyl sites for hydroxylation is 1. The highest BCUT2D eigenvalue weighted by Crippen LogP contribution is 2.40. The summed E-state index contributed by atoms with van der Waals surface area (Å²) < 4.78 is 68.6. The number of nitrogens with one attached hydrogen (secondary N) is 1. The van der Waals surface area contributed by atoms with E-state index < -0.39 is 29.7 Å². The molecule has 0 aliphatic carbocycles. The van der Waals surface area contributed by atoms with E-state index in [2.05, 4.69) is 9.71 Å². The van der Waals surface area contributed by atoms with Gasteiger partial charge < -0.3 is 41.3 Å². The first kappa shape index (κ1) is 37.0. The number of rotatable bonds is 15. The molecule has 0 radical (unpaired) electrons. The summed E-state index contributed by atoms with van der Waals surface area (Å²) in [6, 6.07) is 10.0. The van der Waals surface area contributed by atoms with Crippen LogP contribution in [-0.2, 0) is 14.6 Å². The van der Waals surface area contributed by atoms with Gasteiger partial charge in [-0.05, 0) is 42.8 Å². The molecule has 17 heteroatoms. The summed E-state index contributed by atoms with van der Waals surface area (Å²) in [6.45, 7) is 12.4. The molecule has 2 bridgehead atoms. The molecule has 256 valence electrons. The van der Waals surface area contributed by atoms with Gasteiger partial charge in [0, 0.05) is 35.5 Å². The molecular weight excluding hydrogens is 690 g/mol. The standard InChI is InChI=1S/C30H39FN6O6PS2.ClH/c1-23-27-18-25(42-17-3-10-37-14-11-36(12-15-37,13-16-37)9-2-8-34-21-33)6-7-29(27)45-30(23)46(40,41)35-22-44(38,39)43-26-5-4-24(20-32)28(31)19-26;/h4-7,18-19,21,35H,2-3,8-17,22H2,1H3,(H2-,33,34,38,39);1H/q+1;/p-1. The zero-order chi connectivity index (χ0) is 33.0. The molecule has 2 aromatic carbocycles. The molecule has 1 atom stereocenters. The number of nitrogens with zero attached hydrogens (tertiary/aromatic N) is 4. The molecule has 3 aromatic rings. The first-order valence-electron chi connectivity index (χ1n) is 15.1. The number of nitriles is 1. The van der Waals surface area contributed by atoms with Crippen LogP contribution in [0.5, 0.6) is 11.5 Å². The Morgan fingerprint density at radius 1 is 1.11 bits per heavy atom. The van der Waals surface area contributed by atoms with Crippen LogP contribution in [0.1, 0.15) is 24.0 Å². The topological polar surface area (TPSA) is 167 Å². The normalized spacial score (nSPS) is 22.1. The number of sulfonamides is 1. The molecule has 0 amide bonds. The van der Waals surface area contributed by atoms with Crippen molar-refractivity contribution < 1.29 is 52.9 Å². The first-order valence-corrected chi connectivity index (χ1v) is 19.2.